The first-order valence-corrected chi connectivity index (χ1v) is 8.93. The lowest BCUT2D eigenvalue weighted by Gasteiger charge is -2.32. The van der Waals surface area contributed by atoms with Crippen LogP contribution in [-0.4, -0.2) is 52.2 Å². The van der Waals surface area contributed by atoms with Crippen molar-refractivity contribution < 1.29 is 19.7 Å². The molecule has 2 heterocycles. The third-order valence-corrected chi connectivity index (χ3v) is 5.57. The summed E-state index contributed by atoms with van der Waals surface area (Å²) in [6.45, 7) is 6.01. The van der Waals surface area contributed by atoms with Gasteiger partial charge in [0.1, 0.15) is 11.4 Å². The van der Waals surface area contributed by atoms with Crippen LogP contribution in [0.2, 0.25) is 0 Å². The van der Waals surface area contributed by atoms with Gasteiger partial charge < -0.3 is 25.6 Å². The Hall–Kier alpha value is -1.13. The molecule has 0 aliphatic carbocycles. The van der Waals surface area contributed by atoms with E-state index in [-0.39, 0.29) is 18.6 Å². The van der Waals surface area contributed by atoms with E-state index in [2.05, 4.69) is 27.6 Å². The fraction of sp³-hybridized carbons (Fsp3) is 0.625. The van der Waals surface area contributed by atoms with Crippen molar-refractivity contribution in [3.63, 3.8) is 0 Å². The first kappa shape index (κ1) is 19.2. The molecule has 1 fully saturated rings. The number of nitrogens with two attached hydrogens (primary N) is 1. The number of nitrogens with zero attached hydrogens (tertiary/aromatic N) is 2. The Kier molecular flexibility index (Phi) is 5.92. The summed E-state index contributed by atoms with van der Waals surface area (Å²) >= 11 is 2.22. The first-order chi connectivity index (χ1) is 11.2. The van der Waals surface area contributed by atoms with E-state index in [9.17, 15) is 15.0 Å². The van der Waals surface area contributed by atoms with E-state index in [1.807, 2.05) is 31.7 Å². The number of aliphatic hydroxyl groups excluding tert-OH is 2. The van der Waals surface area contributed by atoms with Gasteiger partial charge in [-0.3, -0.25) is 0 Å². The molecule has 3 atom stereocenters. The minimum Gasteiger partial charge on any atom is -0.443 e. The Morgan fingerprint density at radius 2 is 2.29 bits per heavy atom. The molecule has 2 rings (SSSR count). The number of pyridine rings is 1. The second kappa shape index (κ2) is 7.40. The standard InChI is InChI=1S/C16H24IN3O4/c1-9(16(2,3)24-15(18)23)12-6-19-14(5-13(12)17)20-7-11(22)4-10(20)8-21/h5-6,9-11,21-22H,4,7-8H2,1-3H3,(H2,18,23). The van der Waals surface area contributed by atoms with Crippen LogP contribution in [0.1, 0.15) is 38.7 Å². The van der Waals surface area contributed by atoms with E-state index < -0.39 is 17.8 Å². The van der Waals surface area contributed by atoms with Crippen molar-refractivity contribution in [2.45, 2.75) is 50.9 Å². The second-order valence-electron chi connectivity index (χ2n) is 6.69. The number of carbonyl (C=O) groups is 1. The fourth-order valence-electron chi connectivity index (χ4n) is 2.97. The maximum atomic E-state index is 11.1. The maximum Gasteiger partial charge on any atom is 0.405 e. The number of β-amino-alcohol motifs (C(OH)–C–C–N with tert-alkyl or cyclic N) is 1. The highest BCUT2D eigenvalue weighted by Crippen LogP contribution is 2.35. The average Bonchev–Trinajstić information content (AvgIpc) is 2.86. The van der Waals surface area contributed by atoms with Crippen molar-refractivity contribution in [3.8, 4) is 0 Å². The van der Waals surface area contributed by atoms with Gasteiger partial charge in [0, 0.05) is 22.2 Å². The predicted molar refractivity (Wildman–Crippen MR) is 99.0 cm³/mol. The van der Waals surface area contributed by atoms with Gasteiger partial charge in [0.05, 0.1) is 18.8 Å². The van der Waals surface area contributed by atoms with Crippen LogP contribution in [0.25, 0.3) is 0 Å². The molecule has 8 heteroatoms. The molecule has 134 valence electrons. The first-order valence-electron chi connectivity index (χ1n) is 7.85. The number of hydrogen-bond acceptors (Lipinski definition) is 6. The number of hydrogen-bond donors (Lipinski definition) is 3. The van der Waals surface area contributed by atoms with E-state index >= 15 is 0 Å². The zero-order valence-corrected chi connectivity index (χ0v) is 16.2. The molecule has 3 unspecified atom stereocenters. The smallest absolute Gasteiger partial charge is 0.405 e. The molecule has 0 saturated carbocycles. The van der Waals surface area contributed by atoms with Crippen LogP contribution in [0.15, 0.2) is 12.3 Å². The molecular formula is C16H24IN3O4. The van der Waals surface area contributed by atoms with Crippen molar-refractivity contribution in [3.05, 3.63) is 21.4 Å². The van der Waals surface area contributed by atoms with E-state index in [1.54, 1.807) is 6.20 Å². The quantitative estimate of drug-likeness (QED) is 0.590. The summed E-state index contributed by atoms with van der Waals surface area (Å²) in [7, 11) is 0. The molecule has 0 aromatic carbocycles. The summed E-state index contributed by atoms with van der Waals surface area (Å²) in [4.78, 5) is 17.5. The third kappa shape index (κ3) is 4.09. The molecule has 1 saturated heterocycles. The number of aliphatic hydroxyl groups is 2. The second-order valence-corrected chi connectivity index (χ2v) is 7.85. The monoisotopic (exact) mass is 449 g/mol. The molecule has 1 aromatic rings. The van der Waals surface area contributed by atoms with Gasteiger partial charge in [-0.15, -0.1) is 0 Å². The Morgan fingerprint density at radius 3 is 2.83 bits per heavy atom. The summed E-state index contributed by atoms with van der Waals surface area (Å²) in [6.07, 6.45) is 1.03. The zero-order chi connectivity index (χ0) is 18.1. The number of aromatic nitrogens is 1. The van der Waals surface area contributed by atoms with Crippen LogP contribution < -0.4 is 10.6 Å². The molecular weight excluding hydrogens is 425 g/mol. The van der Waals surface area contributed by atoms with Gasteiger partial charge in [0.25, 0.3) is 0 Å². The van der Waals surface area contributed by atoms with Gasteiger partial charge in [-0.05, 0) is 54.5 Å². The topological polar surface area (TPSA) is 109 Å². The lowest BCUT2D eigenvalue weighted by Crippen LogP contribution is -2.36. The third-order valence-electron chi connectivity index (χ3n) is 4.64. The van der Waals surface area contributed by atoms with Crippen LogP contribution in [0, 0.1) is 3.57 Å². The van der Waals surface area contributed by atoms with Gasteiger partial charge in [0.2, 0.25) is 0 Å². The van der Waals surface area contributed by atoms with Gasteiger partial charge in [0.15, 0.2) is 0 Å². The van der Waals surface area contributed by atoms with E-state index in [1.165, 1.54) is 0 Å². The SMILES string of the molecule is CC(c1cnc(N2CC(O)CC2CO)cc1I)C(C)(C)OC(N)=O. The lowest BCUT2D eigenvalue weighted by atomic mass is 9.87. The van der Waals surface area contributed by atoms with Crippen LogP contribution in [0.5, 0.6) is 0 Å². The molecule has 24 heavy (non-hydrogen) atoms. The number of primary amides is 1. The van der Waals surface area contributed by atoms with Gasteiger partial charge in [-0.1, -0.05) is 6.92 Å². The minimum absolute atomic E-state index is 0.0209. The number of carbonyl (C=O) groups excluding carboxylic acids is 1. The van der Waals surface area contributed by atoms with Crippen molar-refractivity contribution in [1.29, 1.82) is 0 Å². The van der Waals surface area contributed by atoms with Crippen molar-refractivity contribution in [2.24, 2.45) is 5.73 Å². The highest BCUT2D eigenvalue weighted by molar-refractivity contribution is 14.1. The number of halogens is 1. The molecule has 4 N–H and O–H groups in total. The summed E-state index contributed by atoms with van der Waals surface area (Å²) in [5, 5.41) is 19.3. The van der Waals surface area contributed by atoms with Gasteiger partial charge >= 0.3 is 6.09 Å². The molecule has 1 amide bonds. The highest BCUT2D eigenvalue weighted by Gasteiger charge is 2.34. The number of anilines is 1. The van der Waals surface area contributed by atoms with E-state index in [0.29, 0.717) is 13.0 Å². The van der Waals surface area contributed by atoms with Crippen LogP contribution in [-0.2, 0) is 4.74 Å². The number of amides is 1. The summed E-state index contributed by atoms with van der Waals surface area (Å²) < 4.78 is 6.19. The normalized spacial score (nSPS) is 22.5. The van der Waals surface area contributed by atoms with Crippen molar-refractivity contribution in [1.82, 2.24) is 4.98 Å². The summed E-state index contributed by atoms with van der Waals surface area (Å²) in [5.74, 6) is 0.621. The van der Waals surface area contributed by atoms with Gasteiger partial charge in [-0.25, -0.2) is 9.78 Å². The average molecular weight is 449 g/mol. The lowest BCUT2D eigenvalue weighted by molar-refractivity contribution is 0.0279. The Labute approximate surface area is 155 Å². The van der Waals surface area contributed by atoms with Crippen molar-refractivity contribution >= 4 is 34.5 Å². The highest BCUT2D eigenvalue weighted by atomic mass is 127. The summed E-state index contributed by atoms with van der Waals surface area (Å²) in [6, 6.07) is 1.80. The number of ether oxygens (including phenoxy) is 1. The Morgan fingerprint density at radius 1 is 1.62 bits per heavy atom. The predicted octanol–water partition coefficient (Wildman–Crippen LogP) is 1.60. The van der Waals surface area contributed by atoms with Crippen molar-refractivity contribution in [2.75, 3.05) is 18.1 Å². The molecule has 1 aliphatic heterocycles. The zero-order valence-electron chi connectivity index (χ0n) is 14.1. The van der Waals surface area contributed by atoms with Crippen LogP contribution in [0.3, 0.4) is 0 Å². The molecule has 1 aliphatic rings. The van der Waals surface area contributed by atoms with E-state index in [0.717, 1.165) is 15.0 Å². The van der Waals surface area contributed by atoms with Gasteiger partial charge in [-0.2, -0.15) is 0 Å². The fourth-order valence-corrected chi connectivity index (χ4v) is 3.86. The van der Waals surface area contributed by atoms with Crippen LogP contribution >= 0.6 is 22.6 Å². The summed E-state index contributed by atoms with van der Waals surface area (Å²) in [5.41, 5.74) is 5.34. The van der Waals surface area contributed by atoms with Crippen LogP contribution in [0.4, 0.5) is 10.6 Å². The molecule has 7 nitrogen and oxygen atoms in total. The largest absolute Gasteiger partial charge is 0.443 e. The molecule has 0 spiro atoms. The molecule has 0 radical (unpaired) electrons. The minimum atomic E-state index is -0.803. The van der Waals surface area contributed by atoms with E-state index in [4.69, 9.17) is 10.5 Å². The molecule has 0 bridgehead atoms. The Balaban J connectivity index is 2.25. The number of rotatable bonds is 5. The maximum absolute atomic E-state index is 11.1. The Bertz CT molecular complexity index is 611. The molecule has 1 aromatic heterocycles.